The van der Waals surface area contributed by atoms with Crippen molar-refractivity contribution < 1.29 is 5.11 Å². The molecular formula is C16H24BrNO. The zero-order chi connectivity index (χ0) is 13.8. The molecule has 0 bridgehead atoms. The van der Waals surface area contributed by atoms with Crippen LogP contribution in [-0.2, 0) is 0 Å². The van der Waals surface area contributed by atoms with Gasteiger partial charge in [0, 0.05) is 18.1 Å². The van der Waals surface area contributed by atoms with Crippen LogP contribution in [0.25, 0.3) is 0 Å². The first-order chi connectivity index (χ1) is 9.08. The smallest absolute Gasteiger partial charge is 0.0762 e. The van der Waals surface area contributed by atoms with E-state index in [0.29, 0.717) is 0 Å². The van der Waals surface area contributed by atoms with Gasteiger partial charge in [0.25, 0.3) is 0 Å². The molecule has 1 fully saturated rings. The monoisotopic (exact) mass is 325 g/mol. The lowest BCUT2D eigenvalue weighted by molar-refractivity contribution is 0.199. The van der Waals surface area contributed by atoms with Crippen molar-refractivity contribution in [1.82, 2.24) is 0 Å². The van der Waals surface area contributed by atoms with Gasteiger partial charge in [-0.05, 0) is 59.3 Å². The summed E-state index contributed by atoms with van der Waals surface area (Å²) in [6.07, 6.45) is 6.52. The summed E-state index contributed by atoms with van der Waals surface area (Å²) in [5.41, 5.74) is 2.18. The summed E-state index contributed by atoms with van der Waals surface area (Å²) in [6.45, 7) is 2.93. The van der Waals surface area contributed by atoms with Crippen LogP contribution in [0.4, 0.5) is 5.69 Å². The first-order valence-electron chi connectivity index (χ1n) is 7.26. The molecule has 1 aromatic carbocycles. The second-order valence-electron chi connectivity index (χ2n) is 5.77. The first kappa shape index (κ1) is 14.9. The van der Waals surface area contributed by atoms with E-state index in [1.165, 1.54) is 37.8 Å². The number of halogens is 1. The van der Waals surface area contributed by atoms with E-state index in [1.54, 1.807) is 6.92 Å². The molecule has 0 spiro atoms. The van der Waals surface area contributed by atoms with Crippen LogP contribution >= 0.6 is 15.9 Å². The fraction of sp³-hybridized carbons (Fsp3) is 0.625. The molecule has 1 N–H and O–H groups in total. The van der Waals surface area contributed by atoms with Crippen LogP contribution in [0.2, 0.25) is 0 Å². The highest BCUT2D eigenvalue weighted by Crippen LogP contribution is 2.31. The van der Waals surface area contributed by atoms with Crippen molar-refractivity contribution in [3.63, 3.8) is 0 Å². The Balaban J connectivity index is 2.03. The number of benzene rings is 1. The predicted octanol–water partition coefficient (Wildman–Crippen LogP) is 4.52. The van der Waals surface area contributed by atoms with E-state index in [2.05, 4.69) is 33.9 Å². The van der Waals surface area contributed by atoms with E-state index >= 15 is 0 Å². The minimum Gasteiger partial charge on any atom is -0.389 e. The Morgan fingerprint density at radius 2 is 2.00 bits per heavy atom. The molecule has 0 radical (unpaired) electrons. The van der Waals surface area contributed by atoms with Crippen molar-refractivity contribution in [2.24, 2.45) is 5.92 Å². The summed E-state index contributed by atoms with van der Waals surface area (Å²) in [5, 5.41) is 9.60. The molecule has 1 saturated carbocycles. The first-order valence-corrected chi connectivity index (χ1v) is 8.06. The largest absolute Gasteiger partial charge is 0.389 e. The quantitative estimate of drug-likeness (QED) is 0.879. The number of hydrogen-bond donors (Lipinski definition) is 1. The van der Waals surface area contributed by atoms with Crippen molar-refractivity contribution in [2.45, 2.75) is 45.1 Å². The number of nitrogens with zero attached hydrogens (tertiary/aromatic N) is 1. The van der Waals surface area contributed by atoms with Gasteiger partial charge in [0.05, 0.1) is 11.8 Å². The third-order valence-corrected chi connectivity index (χ3v) is 4.76. The van der Waals surface area contributed by atoms with Gasteiger partial charge in [0.1, 0.15) is 0 Å². The van der Waals surface area contributed by atoms with Crippen LogP contribution in [0, 0.1) is 5.92 Å². The summed E-state index contributed by atoms with van der Waals surface area (Å²) in [5.74, 6) is 0.835. The molecule has 1 aliphatic carbocycles. The summed E-state index contributed by atoms with van der Waals surface area (Å²) in [7, 11) is 2.16. The van der Waals surface area contributed by atoms with Crippen LogP contribution in [-0.4, -0.2) is 18.7 Å². The number of aliphatic hydroxyl groups is 1. The maximum absolute atomic E-state index is 9.60. The average Bonchev–Trinajstić information content (AvgIpc) is 2.39. The molecule has 0 heterocycles. The van der Waals surface area contributed by atoms with E-state index < -0.39 is 6.10 Å². The van der Waals surface area contributed by atoms with Gasteiger partial charge in [-0.25, -0.2) is 0 Å². The summed E-state index contributed by atoms with van der Waals surface area (Å²) in [6, 6.07) is 6.15. The van der Waals surface area contributed by atoms with Gasteiger partial charge < -0.3 is 10.0 Å². The number of hydrogen-bond acceptors (Lipinski definition) is 2. The van der Waals surface area contributed by atoms with E-state index in [9.17, 15) is 5.11 Å². The highest BCUT2D eigenvalue weighted by molar-refractivity contribution is 9.10. The lowest BCUT2D eigenvalue weighted by Gasteiger charge is -2.29. The molecule has 106 valence electrons. The van der Waals surface area contributed by atoms with Crippen LogP contribution in [0.3, 0.4) is 0 Å². The second-order valence-corrected chi connectivity index (χ2v) is 6.63. The predicted molar refractivity (Wildman–Crippen MR) is 84.6 cm³/mol. The Hall–Kier alpha value is -0.540. The molecular weight excluding hydrogens is 302 g/mol. The average molecular weight is 326 g/mol. The van der Waals surface area contributed by atoms with E-state index in [1.807, 2.05) is 12.1 Å². The summed E-state index contributed by atoms with van der Waals surface area (Å²) >= 11 is 3.63. The molecule has 0 aliphatic heterocycles. The molecule has 3 heteroatoms. The van der Waals surface area contributed by atoms with Crippen molar-refractivity contribution in [2.75, 3.05) is 18.5 Å². The molecule has 1 aliphatic rings. The SMILES string of the molecule is C[C@H](O)c1ccc(N(C)CC2CCCCC2)c(Br)c1. The van der Waals surface area contributed by atoms with E-state index in [4.69, 9.17) is 0 Å². The number of rotatable bonds is 4. The minimum atomic E-state index is -0.408. The van der Waals surface area contributed by atoms with Gasteiger partial charge in [0.2, 0.25) is 0 Å². The lowest BCUT2D eigenvalue weighted by atomic mass is 9.89. The number of anilines is 1. The third-order valence-electron chi connectivity index (χ3n) is 4.12. The van der Waals surface area contributed by atoms with Crippen LogP contribution in [0.1, 0.15) is 50.7 Å². The molecule has 0 unspecified atom stereocenters. The fourth-order valence-electron chi connectivity index (χ4n) is 2.95. The van der Waals surface area contributed by atoms with Gasteiger partial charge in [-0.3, -0.25) is 0 Å². The molecule has 0 amide bonds. The molecule has 1 aromatic rings. The van der Waals surface area contributed by atoms with Crippen molar-refractivity contribution in [3.05, 3.63) is 28.2 Å². The topological polar surface area (TPSA) is 23.5 Å². The maximum atomic E-state index is 9.60. The molecule has 0 aromatic heterocycles. The zero-order valence-corrected chi connectivity index (χ0v) is 13.5. The van der Waals surface area contributed by atoms with Gasteiger partial charge in [0.15, 0.2) is 0 Å². The summed E-state index contributed by atoms with van der Waals surface area (Å²) in [4.78, 5) is 2.34. The highest BCUT2D eigenvalue weighted by atomic mass is 79.9. The van der Waals surface area contributed by atoms with Crippen molar-refractivity contribution >= 4 is 21.6 Å². The molecule has 19 heavy (non-hydrogen) atoms. The van der Waals surface area contributed by atoms with Crippen LogP contribution < -0.4 is 4.90 Å². The van der Waals surface area contributed by atoms with Gasteiger partial charge >= 0.3 is 0 Å². The van der Waals surface area contributed by atoms with Crippen LogP contribution in [0.5, 0.6) is 0 Å². The summed E-state index contributed by atoms with van der Waals surface area (Å²) < 4.78 is 1.07. The van der Waals surface area contributed by atoms with Crippen LogP contribution in [0.15, 0.2) is 22.7 Å². The highest BCUT2D eigenvalue weighted by Gasteiger charge is 2.17. The van der Waals surface area contributed by atoms with Gasteiger partial charge in [-0.2, -0.15) is 0 Å². The van der Waals surface area contributed by atoms with E-state index in [0.717, 1.165) is 22.5 Å². The fourth-order valence-corrected chi connectivity index (χ4v) is 3.65. The lowest BCUT2D eigenvalue weighted by Crippen LogP contribution is -2.27. The number of aliphatic hydroxyl groups excluding tert-OH is 1. The maximum Gasteiger partial charge on any atom is 0.0762 e. The Labute approximate surface area is 124 Å². The Morgan fingerprint density at radius 3 is 2.58 bits per heavy atom. The van der Waals surface area contributed by atoms with Crippen molar-refractivity contribution in [1.29, 1.82) is 0 Å². The molecule has 2 nitrogen and oxygen atoms in total. The molecule has 0 saturated heterocycles. The normalized spacial score (nSPS) is 18.3. The molecule has 2 rings (SSSR count). The Morgan fingerprint density at radius 1 is 1.32 bits per heavy atom. The van der Waals surface area contributed by atoms with E-state index in [-0.39, 0.29) is 0 Å². The van der Waals surface area contributed by atoms with Gasteiger partial charge in [-0.1, -0.05) is 25.3 Å². The molecule has 1 atom stereocenters. The Kier molecular flexibility index (Phi) is 5.28. The third kappa shape index (κ3) is 3.96. The second kappa shape index (κ2) is 6.76. The minimum absolute atomic E-state index is 0.408. The zero-order valence-electron chi connectivity index (χ0n) is 11.9. The van der Waals surface area contributed by atoms with Crippen molar-refractivity contribution in [3.8, 4) is 0 Å². The Bertz CT molecular complexity index is 413. The standard InChI is InChI=1S/C16H24BrNO/c1-12(19)14-8-9-16(15(17)10-14)18(2)11-13-6-4-3-5-7-13/h8-10,12-13,19H,3-7,11H2,1-2H3/t12-/m0/s1. The van der Waals surface area contributed by atoms with Gasteiger partial charge in [-0.15, -0.1) is 0 Å².